The Kier molecular flexibility index (Phi) is 5.61. The molecule has 0 atom stereocenters. The molecular formula is C23H13BrClN3O4S. The molecule has 0 radical (unpaired) electrons. The number of ether oxygens (including phenoxy) is 1. The van der Waals surface area contributed by atoms with E-state index >= 15 is 0 Å². The maximum absolute atomic E-state index is 13.0. The summed E-state index contributed by atoms with van der Waals surface area (Å²) in [4.78, 5) is 28.6. The quantitative estimate of drug-likeness (QED) is 0.220. The first-order valence-corrected chi connectivity index (χ1v) is 11.7. The van der Waals surface area contributed by atoms with Crippen LogP contribution in [0.1, 0.15) is 11.1 Å². The van der Waals surface area contributed by atoms with E-state index in [1.54, 1.807) is 34.7 Å². The Balaban J connectivity index is 1.46. The molecule has 0 saturated heterocycles. The number of hydrogen-bond donors (Lipinski definition) is 0. The number of nitro benzene ring substituents is 1. The van der Waals surface area contributed by atoms with Gasteiger partial charge >= 0.3 is 0 Å². The summed E-state index contributed by atoms with van der Waals surface area (Å²) in [5, 5.41) is 11.3. The van der Waals surface area contributed by atoms with Crippen molar-refractivity contribution in [1.82, 2.24) is 9.38 Å². The molecule has 5 aromatic rings. The van der Waals surface area contributed by atoms with Crippen LogP contribution in [0.3, 0.4) is 0 Å². The third kappa shape index (κ3) is 4.10. The zero-order valence-corrected chi connectivity index (χ0v) is 19.9. The zero-order chi connectivity index (χ0) is 23.1. The highest BCUT2D eigenvalue weighted by Gasteiger charge is 2.13. The highest BCUT2D eigenvalue weighted by atomic mass is 79.9. The number of nitrogens with zero attached hydrogens (tertiary/aromatic N) is 3. The van der Waals surface area contributed by atoms with E-state index in [4.69, 9.17) is 16.3 Å². The van der Waals surface area contributed by atoms with Crippen LogP contribution in [0.5, 0.6) is 5.75 Å². The van der Waals surface area contributed by atoms with Crippen LogP contribution in [0.2, 0.25) is 5.02 Å². The third-order valence-electron chi connectivity index (χ3n) is 4.97. The van der Waals surface area contributed by atoms with Gasteiger partial charge in [-0.05, 0) is 57.4 Å². The lowest BCUT2D eigenvalue weighted by Gasteiger charge is -2.11. The highest BCUT2D eigenvalue weighted by Crippen LogP contribution is 2.35. The molecule has 0 amide bonds. The van der Waals surface area contributed by atoms with E-state index in [1.165, 1.54) is 23.5 Å². The Bertz CT molecular complexity index is 1640. The molecule has 0 bridgehead atoms. The molecule has 2 heterocycles. The lowest BCUT2D eigenvalue weighted by atomic mass is 10.2. The van der Waals surface area contributed by atoms with Crippen LogP contribution in [0.15, 0.2) is 69.9 Å². The fourth-order valence-corrected chi connectivity index (χ4v) is 5.46. The fourth-order valence-electron chi connectivity index (χ4n) is 3.48. The van der Waals surface area contributed by atoms with Crippen molar-refractivity contribution in [2.45, 2.75) is 6.61 Å². The molecule has 0 unspecified atom stereocenters. The molecule has 0 saturated carbocycles. The Morgan fingerprint density at radius 3 is 2.79 bits per heavy atom. The number of halogens is 2. The maximum atomic E-state index is 13.0. The Morgan fingerprint density at radius 2 is 2.00 bits per heavy atom. The van der Waals surface area contributed by atoms with E-state index in [1.807, 2.05) is 24.3 Å². The van der Waals surface area contributed by atoms with Crippen LogP contribution in [0.25, 0.3) is 22.1 Å². The second-order valence-electron chi connectivity index (χ2n) is 7.16. The van der Waals surface area contributed by atoms with Crippen LogP contribution >= 0.6 is 38.9 Å². The summed E-state index contributed by atoms with van der Waals surface area (Å²) in [6, 6.07) is 17.2. The predicted octanol–water partition coefficient (Wildman–Crippen LogP) is 5.36. The molecule has 0 fully saturated rings. The first-order valence-electron chi connectivity index (χ1n) is 9.67. The molecular weight excluding hydrogens is 530 g/mol. The Labute approximate surface area is 203 Å². The van der Waals surface area contributed by atoms with Gasteiger partial charge in [0.05, 0.1) is 30.0 Å². The molecule has 7 nitrogen and oxygen atoms in total. The van der Waals surface area contributed by atoms with E-state index in [-0.39, 0.29) is 17.9 Å². The molecule has 10 heteroatoms. The van der Waals surface area contributed by atoms with Gasteiger partial charge in [-0.25, -0.2) is 9.38 Å². The Hall–Kier alpha value is -3.27. The largest absolute Gasteiger partial charge is 0.486 e. The van der Waals surface area contributed by atoms with Gasteiger partial charge in [0.15, 0.2) is 10.7 Å². The average molecular weight is 543 g/mol. The number of benzene rings is 3. The van der Waals surface area contributed by atoms with Gasteiger partial charge in [0.25, 0.3) is 11.2 Å². The average Bonchev–Trinajstić information content (AvgIpc) is 3.29. The van der Waals surface area contributed by atoms with E-state index < -0.39 is 4.92 Å². The molecule has 3 aromatic carbocycles. The topological polar surface area (TPSA) is 86.7 Å². The first-order chi connectivity index (χ1) is 15.9. The molecule has 0 aliphatic rings. The summed E-state index contributed by atoms with van der Waals surface area (Å²) < 4.78 is 8.56. The van der Waals surface area contributed by atoms with Crippen molar-refractivity contribution in [2.75, 3.05) is 0 Å². The van der Waals surface area contributed by atoms with Crippen LogP contribution in [0.4, 0.5) is 5.69 Å². The minimum atomic E-state index is -0.452. The number of nitro groups is 1. The van der Waals surface area contributed by atoms with Gasteiger partial charge in [0.1, 0.15) is 6.61 Å². The van der Waals surface area contributed by atoms with Gasteiger partial charge in [-0.3, -0.25) is 14.9 Å². The van der Waals surface area contributed by atoms with Crippen molar-refractivity contribution in [3.8, 4) is 5.75 Å². The van der Waals surface area contributed by atoms with E-state index in [0.29, 0.717) is 30.3 Å². The normalized spacial score (nSPS) is 12.0. The zero-order valence-electron chi connectivity index (χ0n) is 16.7. The van der Waals surface area contributed by atoms with Crippen LogP contribution in [-0.4, -0.2) is 14.3 Å². The minimum Gasteiger partial charge on any atom is -0.486 e. The molecule has 0 aliphatic carbocycles. The van der Waals surface area contributed by atoms with E-state index in [9.17, 15) is 14.9 Å². The summed E-state index contributed by atoms with van der Waals surface area (Å²) in [7, 11) is 0. The standard InChI is InChI=1S/C23H13BrClN3O4S/c24-16-9-14(10-17(25)21(16)32-12-13-4-3-5-15(8-13)28(30)31)11-20-22(29)27-19-7-2-1-6-18(19)26-23(27)33-20/h1-11H,12H2/b20-11-. The number of non-ortho nitro benzene ring substituents is 1. The second-order valence-corrected chi connectivity index (χ2v) is 9.43. The number of rotatable bonds is 5. The van der Waals surface area contributed by atoms with Crippen molar-refractivity contribution in [3.63, 3.8) is 0 Å². The summed E-state index contributed by atoms with van der Waals surface area (Å²) in [6.45, 7) is 0.114. The number of fused-ring (bicyclic) bond motifs is 3. The fraction of sp³-hybridized carbons (Fsp3) is 0.0435. The molecule has 0 spiro atoms. The van der Waals surface area contributed by atoms with Crippen molar-refractivity contribution in [1.29, 1.82) is 0 Å². The highest BCUT2D eigenvalue weighted by molar-refractivity contribution is 9.10. The van der Waals surface area contributed by atoms with Gasteiger partial charge in [0.2, 0.25) is 0 Å². The number of hydrogen-bond acceptors (Lipinski definition) is 6. The maximum Gasteiger partial charge on any atom is 0.274 e. The van der Waals surface area contributed by atoms with Crippen molar-refractivity contribution >= 4 is 66.6 Å². The van der Waals surface area contributed by atoms with Gasteiger partial charge in [-0.1, -0.05) is 47.2 Å². The number of para-hydroxylation sites is 2. The first kappa shape index (κ1) is 21.6. The molecule has 5 rings (SSSR count). The van der Waals surface area contributed by atoms with Crippen molar-refractivity contribution in [2.24, 2.45) is 0 Å². The molecule has 33 heavy (non-hydrogen) atoms. The second kappa shape index (κ2) is 8.58. The van der Waals surface area contributed by atoms with Crippen molar-refractivity contribution < 1.29 is 9.66 Å². The van der Waals surface area contributed by atoms with Crippen LogP contribution < -0.4 is 14.8 Å². The summed E-state index contributed by atoms with van der Waals surface area (Å²) in [5.41, 5.74) is 2.78. The molecule has 0 N–H and O–H groups in total. The SMILES string of the molecule is O=c1/c(=C/c2cc(Cl)c(OCc3cccc([N+](=O)[O-])c3)c(Br)c2)sc2nc3ccccc3n12. The third-order valence-corrected chi connectivity index (χ3v) is 6.81. The van der Waals surface area contributed by atoms with Gasteiger partial charge < -0.3 is 4.74 Å². The van der Waals surface area contributed by atoms with Crippen LogP contribution in [-0.2, 0) is 6.61 Å². The number of imidazole rings is 1. The Morgan fingerprint density at radius 1 is 1.18 bits per heavy atom. The summed E-state index contributed by atoms with van der Waals surface area (Å²) in [6.07, 6.45) is 1.76. The molecule has 0 aliphatic heterocycles. The minimum absolute atomic E-state index is 0.00491. The number of aromatic nitrogens is 2. The van der Waals surface area contributed by atoms with E-state index in [0.717, 1.165) is 16.6 Å². The summed E-state index contributed by atoms with van der Waals surface area (Å²) in [5.74, 6) is 0.412. The van der Waals surface area contributed by atoms with Gasteiger partial charge in [-0.2, -0.15) is 0 Å². The smallest absolute Gasteiger partial charge is 0.274 e. The predicted molar refractivity (Wildman–Crippen MR) is 132 cm³/mol. The van der Waals surface area contributed by atoms with Crippen molar-refractivity contribution in [3.05, 3.63) is 106 Å². The lowest BCUT2D eigenvalue weighted by Crippen LogP contribution is -2.22. The van der Waals surface area contributed by atoms with Gasteiger partial charge in [0, 0.05) is 12.1 Å². The monoisotopic (exact) mass is 541 g/mol. The van der Waals surface area contributed by atoms with Gasteiger partial charge in [-0.15, -0.1) is 0 Å². The molecule has 164 valence electrons. The molecule has 2 aromatic heterocycles. The van der Waals surface area contributed by atoms with E-state index in [2.05, 4.69) is 20.9 Å². The number of thiazole rings is 1. The lowest BCUT2D eigenvalue weighted by molar-refractivity contribution is -0.384. The van der Waals surface area contributed by atoms with Crippen LogP contribution in [0, 0.1) is 10.1 Å². The summed E-state index contributed by atoms with van der Waals surface area (Å²) >= 11 is 11.2.